The standard InChI is InChI=1S/C28H38ClN3O5/c1-3-5-17-37-28(36)31-15-13-30(14-16-31)23(8-4-2)18-22(29)19-26(33)32-12-11-21(20-32)24-9-6-7-10-25(24)27(34)35/h6-10,18,21H,3-5,11-17,19-20H2,1-2H3,(H,34,35)/b22-18+,23-8+. The fourth-order valence-electron chi connectivity index (χ4n) is 4.79. The molecule has 0 radical (unpaired) electrons. The van der Waals surface area contributed by atoms with Crippen molar-refractivity contribution in [2.45, 2.75) is 51.9 Å². The topological polar surface area (TPSA) is 90.4 Å². The molecule has 0 spiro atoms. The lowest BCUT2D eigenvalue weighted by molar-refractivity contribution is -0.129. The van der Waals surface area contributed by atoms with Gasteiger partial charge in [-0.15, -0.1) is 0 Å². The summed E-state index contributed by atoms with van der Waals surface area (Å²) in [6, 6.07) is 7.00. The van der Waals surface area contributed by atoms with Crippen LogP contribution in [0, 0.1) is 0 Å². The van der Waals surface area contributed by atoms with Gasteiger partial charge >= 0.3 is 12.1 Å². The Hall–Kier alpha value is -3.00. The largest absolute Gasteiger partial charge is 0.478 e. The monoisotopic (exact) mass is 531 g/mol. The van der Waals surface area contributed by atoms with Crippen molar-refractivity contribution in [1.29, 1.82) is 0 Å². The molecule has 0 aliphatic carbocycles. The Morgan fingerprint density at radius 2 is 1.76 bits per heavy atom. The first-order valence-electron chi connectivity index (χ1n) is 13.2. The number of halogens is 1. The fraction of sp³-hybridized carbons (Fsp3) is 0.536. The van der Waals surface area contributed by atoms with Crippen LogP contribution in [0.3, 0.4) is 0 Å². The minimum absolute atomic E-state index is 0.000452. The first-order chi connectivity index (χ1) is 17.8. The predicted molar refractivity (Wildman–Crippen MR) is 144 cm³/mol. The maximum absolute atomic E-state index is 13.0. The Labute approximate surface area is 224 Å². The molecule has 2 fully saturated rings. The summed E-state index contributed by atoms with van der Waals surface area (Å²) >= 11 is 6.56. The summed E-state index contributed by atoms with van der Waals surface area (Å²) in [5, 5.41) is 9.96. The molecule has 1 atom stereocenters. The molecule has 1 N–H and O–H groups in total. The molecule has 3 rings (SSSR count). The summed E-state index contributed by atoms with van der Waals surface area (Å²) in [5.74, 6) is -1.01. The van der Waals surface area contributed by atoms with Gasteiger partial charge in [-0.3, -0.25) is 4.79 Å². The molecule has 2 heterocycles. The van der Waals surface area contributed by atoms with Gasteiger partial charge in [-0.25, -0.2) is 9.59 Å². The summed E-state index contributed by atoms with van der Waals surface area (Å²) in [5.41, 5.74) is 2.02. The number of carbonyl (C=O) groups excluding carboxylic acids is 2. The average Bonchev–Trinajstić information content (AvgIpc) is 3.39. The van der Waals surface area contributed by atoms with Gasteiger partial charge in [-0.05, 0) is 37.0 Å². The van der Waals surface area contributed by atoms with E-state index in [1.165, 1.54) is 0 Å². The van der Waals surface area contributed by atoms with Crippen LogP contribution < -0.4 is 0 Å². The third-order valence-corrected chi connectivity index (χ3v) is 7.08. The first-order valence-corrected chi connectivity index (χ1v) is 13.5. The number of allylic oxidation sites excluding steroid dienone is 2. The molecule has 202 valence electrons. The molecule has 0 aromatic heterocycles. The number of benzene rings is 1. The number of carbonyl (C=O) groups is 3. The van der Waals surface area contributed by atoms with E-state index in [2.05, 4.69) is 17.9 Å². The van der Waals surface area contributed by atoms with Gasteiger partial charge in [0, 0.05) is 55.9 Å². The van der Waals surface area contributed by atoms with Crippen molar-refractivity contribution in [3.8, 4) is 0 Å². The molecule has 0 bridgehead atoms. The van der Waals surface area contributed by atoms with Crippen LogP contribution in [0.5, 0.6) is 0 Å². The summed E-state index contributed by atoms with van der Waals surface area (Å²) in [6.45, 7) is 8.11. The molecule has 37 heavy (non-hydrogen) atoms. The van der Waals surface area contributed by atoms with E-state index in [-0.39, 0.29) is 24.3 Å². The van der Waals surface area contributed by atoms with Gasteiger partial charge in [-0.1, -0.05) is 56.1 Å². The lowest BCUT2D eigenvalue weighted by Gasteiger charge is -2.36. The SMILES string of the molecule is CC/C=C(\C=C(\Cl)CC(=O)N1CCC(c2ccccc2C(=O)O)C1)N1CCN(C(=O)OCCCC)CC1. The van der Waals surface area contributed by atoms with Crippen molar-refractivity contribution in [3.05, 3.63) is 58.3 Å². The molecule has 1 aromatic carbocycles. The lowest BCUT2D eigenvalue weighted by atomic mass is 9.93. The average molecular weight is 532 g/mol. The first kappa shape index (κ1) is 28.6. The minimum atomic E-state index is -0.948. The quantitative estimate of drug-likeness (QED) is 0.335. The number of ether oxygens (including phenoxy) is 1. The van der Waals surface area contributed by atoms with Crippen LogP contribution in [0.15, 0.2) is 47.1 Å². The van der Waals surface area contributed by atoms with Gasteiger partial charge in [-0.2, -0.15) is 0 Å². The van der Waals surface area contributed by atoms with E-state index in [0.29, 0.717) is 56.5 Å². The Balaban J connectivity index is 1.55. The third kappa shape index (κ3) is 7.99. The number of aromatic carboxylic acids is 1. The molecule has 0 saturated carbocycles. The highest BCUT2D eigenvalue weighted by atomic mass is 35.5. The van der Waals surface area contributed by atoms with Crippen molar-refractivity contribution in [2.75, 3.05) is 45.9 Å². The zero-order chi connectivity index (χ0) is 26.8. The zero-order valence-electron chi connectivity index (χ0n) is 21.8. The van der Waals surface area contributed by atoms with Crippen LogP contribution in [0.1, 0.15) is 67.8 Å². The van der Waals surface area contributed by atoms with Crippen molar-refractivity contribution in [1.82, 2.24) is 14.7 Å². The minimum Gasteiger partial charge on any atom is -0.478 e. The van der Waals surface area contributed by atoms with Crippen molar-refractivity contribution in [2.24, 2.45) is 0 Å². The van der Waals surface area contributed by atoms with Crippen molar-refractivity contribution < 1.29 is 24.2 Å². The Morgan fingerprint density at radius 3 is 2.43 bits per heavy atom. The molecular weight excluding hydrogens is 494 g/mol. The molecule has 1 unspecified atom stereocenters. The number of unbranched alkanes of at least 4 members (excludes halogenated alkanes) is 1. The number of hydrogen-bond donors (Lipinski definition) is 1. The normalized spacial score (nSPS) is 18.8. The number of nitrogens with zero attached hydrogens (tertiary/aromatic N) is 3. The van der Waals surface area contributed by atoms with Gasteiger partial charge in [0.1, 0.15) is 0 Å². The molecule has 2 amide bonds. The van der Waals surface area contributed by atoms with Crippen LogP contribution in [-0.2, 0) is 9.53 Å². The molecule has 2 aliphatic heterocycles. The van der Waals surface area contributed by atoms with E-state index in [1.54, 1.807) is 21.9 Å². The smallest absolute Gasteiger partial charge is 0.409 e. The fourth-order valence-corrected chi connectivity index (χ4v) is 5.01. The van der Waals surface area contributed by atoms with E-state index in [4.69, 9.17) is 16.3 Å². The highest BCUT2D eigenvalue weighted by Gasteiger charge is 2.30. The van der Waals surface area contributed by atoms with E-state index in [9.17, 15) is 19.5 Å². The van der Waals surface area contributed by atoms with Crippen LogP contribution in [0.25, 0.3) is 0 Å². The molecule has 1 aromatic rings. The molecular formula is C28H38ClN3O5. The van der Waals surface area contributed by atoms with Gasteiger partial charge in [0.05, 0.1) is 18.6 Å². The number of carboxylic acid groups (broad SMARTS) is 1. The Morgan fingerprint density at radius 1 is 1.05 bits per heavy atom. The number of carboxylic acids is 1. The van der Waals surface area contributed by atoms with Crippen LogP contribution in [0.4, 0.5) is 4.79 Å². The van der Waals surface area contributed by atoms with Gasteiger partial charge in [0.25, 0.3) is 0 Å². The highest BCUT2D eigenvalue weighted by Crippen LogP contribution is 2.30. The Bertz CT molecular complexity index is 1020. The second-order valence-corrected chi connectivity index (χ2v) is 9.95. The number of amides is 2. The van der Waals surface area contributed by atoms with E-state index in [0.717, 1.165) is 36.9 Å². The molecule has 2 aliphatic rings. The summed E-state index contributed by atoms with van der Waals surface area (Å²) in [7, 11) is 0. The van der Waals surface area contributed by atoms with Gasteiger partial charge in [0.15, 0.2) is 0 Å². The number of likely N-dealkylation sites (tertiary alicyclic amines) is 1. The van der Waals surface area contributed by atoms with Gasteiger partial charge in [0.2, 0.25) is 5.91 Å². The van der Waals surface area contributed by atoms with Crippen LogP contribution in [0.2, 0.25) is 0 Å². The molecule has 2 saturated heterocycles. The number of piperazine rings is 1. The van der Waals surface area contributed by atoms with Crippen molar-refractivity contribution >= 4 is 29.6 Å². The van der Waals surface area contributed by atoms with Crippen molar-refractivity contribution in [3.63, 3.8) is 0 Å². The third-order valence-electron chi connectivity index (χ3n) is 6.84. The predicted octanol–water partition coefficient (Wildman–Crippen LogP) is 5.06. The lowest BCUT2D eigenvalue weighted by Crippen LogP contribution is -2.48. The Kier molecular flexibility index (Phi) is 10.9. The van der Waals surface area contributed by atoms with Crippen LogP contribution in [-0.4, -0.2) is 83.7 Å². The van der Waals surface area contributed by atoms with E-state index < -0.39 is 5.97 Å². The molecule has 8 nitrogen and oxygen atoms in total. The second kappa shape index (κ2) is 14.1. The number of rotatable bonds is 10. The maximum atomic E-state index is 13.0. The summed E-state index contributed by atoms with van der Waals surface area (Å²) < 4.78 is 5.33. The summed E-state index contributed by atoms with van der Waals surface area (Å²) in [6.07, 6.45) is 7.16. The zero-order valence-corrected chi connectivity index (χ0v) is 22.6. The highest BCUT2D eigenvalue weighted by molar-refractivity contribution is 6.31. The second-order valence-electron chi connectivity index (χ2n) is 9.46. The number of hydrogen-bond acceptors (Lipinski definition) is 5. The van der Waals surface area contributed by atoms with E-state index >= 15 is 0 Å². The van der Waals surface area contributed by atoms with Crippen LogP contribution >= 0.6 is 11.6 Å². The van der Waals surface area contributed by atoms with Gasteiger partial charge < -0.3 is 24.5 Å². The molecule has 9 heteroatoms. The summed E-state index contributed by atoms with van der Waals surface area (Å²) in [4.78, 5) is 42.5. The maximum Gasteiger partial charge on any atom is 0.409 e. The van der Waals surface area contributed by atoms with E-state index in [1.807, 2.05) is 25.1 Å².